The summed E-state index contributed by atoms with van der Waals surface area (Å²) in [4.78, 5) is 18.3. The molecular formula is C37H48ClNO2. The Morgan fingerprint density at radius 3 is 2.44 bits per heavy atom. The first-order chi connectivity index (χ1) is 19.2. The van der Waals surface area contributed by atoms with Gasteiger partial charge in [-0.25, -0.2) is 0 Å². The number of para-hydroxylation sites is 1. The van der Waals surface area contributed by atoms with Gasteiger partial charge < -0.3 is 5.11 Å². The van der Waals surface area contributed by atoms with Crippen molar-refractivity contribution in [1.82, 2.24) is 4.98 Å². The Bertz CT molecular complexity index is 1490. The van der Waals surface area contributed by atoms with Crippen LogP contribution in [-0.4, -0.2) is 16.1 Å². The number of nitrogens with zero attached hydrogens (tertiary/aromatic N) is 1. The first kappa shape index (κ1) is 27.9. The summed E-state index contributed by atoms with van der Waals surface area (Å²) in [6, 6.07) is 8.36. The number of rotatable bonds is 1. The highest BCUT2D eigenvalue weighted by Crippen LogP contribution is 2.75. The zero-order valence-corrected chi connectivity index (χ0v) is 26.9. The first-order valence-corrected chi connectivity index (χ1v) is 16.6. The summed E-state index contributed by atoms with van der Waals surface area (Å²) in [5.41, 5.74) is 4.56. The van der Waals surface area contributed by atoms with Crippen LogP contribution in [0.1, 0.15) is 105 Å². The minimum atomic E-state index is -0.590. The highest BCUT2D eigenvalue weighted by atomic mass is 35.5. The van der Waals surface area contributed by atoms with Gasteiger partial charge in [-0.3, -0.25) is 9.78 Å². The van der Waals surface area contributed by atoms with Crippen LogP contribution in [0.3, 0.4) is 0 Å². The molecule has 3 nitrogen and oxygen atoms in total. The zero-order valence-electron chi connectivity index (χ0n) is 26.1. The number of carboxylic acids is 1. The van der Waals surface area contributed by atoms with E-state index in [0.717, 1.165) is 54.5 Å². The van der Waals surface area contributed by atoms with Crippen molar-refractivity contribution in [1.29, 1.82) is 0 Å². The molecule has 1 N–H and O–H groups in total. The third-order valence-corrected chi connectivity index (χ3v) is 15.1. The lowest BCUT2D eigenvalue weighted by Gasteiger charge is -2.70. The van der Waals surface area contributed by atoms with Crippen molar-refractivity contribution in [3.05, 3.63) is 52.2 Å². The molecule has 4 heteroatoms. The van der Waals surface area contributed by atoms with Crippen LogP contribution in [0, 0.1) is 51.2 Å². The lowest BCUT2D eigenvalue weighted by Crippen LogP contribution is -2.65. The number of aliphatic carboxylic acids is 1. The summed E-state index contributed by atoms with van der Waals surface area (Å²) in [6.45, 7) is 17.3. The average Bonchev–Trinajstić information content (AvgIpc) is 2.92. The van der Waals surface area contributed by atoms with Gasteiger partial charge in [-0.05, 0) is 109 Å². The Labute approximate surface area is 251 Å². The molecule has 9 unspecified atom stereocenters. The highest BCUT2D eigenvalue weighted by molar-refractivity contribution is 6.36. The summed E-state index contributed by atoms with van der Waals surface area (Å²) in [6.07, 6.45) is 10.7. The fraction of sp³-hybridized carbons (Fsp3) is 0.676. The lowest BCUT2D eigenvalue weighted by atomic mass is 9.33. The Morgan fingerprint density at radius 1 is 0.976 bits per heavy atom. The van der Waals surface area contributed by atoms with E-state index >= 15 is 0 Å². The molecule has 3 fully saturated rings. The number of hydrogen-bond acceptors (Lipinski definition) is 2. The molecule has 220 valence electrons. The van der Waals surface area contributed by atoms with Crippen molar-refractivity contribution in [2.75, 3.05) is 0 Å². The van der Waals surface area contributed by atoms with Gasteiger partial charge in [0.2, 0.25) is 0 Å². The number of carbonyl (C=O) groups is 1. The van der Waals surface area contributed by atoms with Crippen molar-refractivity contribution in [2.45, 2.75) is 105 Å². The molecule has 0 saturated heterocycles. The maximum atomic E-state index is 13.0. The van der Waals surface area contributed by atoms with Gasteiger partial charge in [0.15, 0.2) is 0 Å². The number of aromatic nitrogens is 1. The number of allylic oxidation sites excluding steroid dienone is 2. The predicted octanol–water partition coefficient (Wildman–Crippen LogP) is 9.64. The fourth-order valence-corrected chi connectivity index (χ4v) is 12.4. The van der Waals surface area contributed by atoms with Gasteiger partial charge in [-0.2, -0.15) is 0 Å². The minimum absolute atomic E-state index is 0.0225. The number of hydrogen-bond donors (Lipinski definition) is 1. The van der Waals surface area contributed by atoms with E-state index in [1.807, 2.05) is 0 Å². The zero-order chi connectivity index (χ0) is 29.3. The normalized spacial score (nSPS) is 44.5. The van der Waals surface area contributed by atoms with Crippen LogP contribution in [0.2, 0.25) is 5.02 Å². The van der Waals surface area contributed by atoms with E-state index in [2.05, 4.69) is 78.8 Å². The summed E-state index contributed by atoms with van der Waals surface area (Å²) in [5, 5.41) is 12.7. The van der Waals surface area contributed by atoms with Crippen molar-refractivity contribution in [3.63, 3.8) is 0 Å². The molecule has 5 aliphatic rings. The second kappa shape index (κ2) is 8.61. The molecule has 5 aliphatic carbocycles. The number of fused-ring (bicyclic) bond motifs is 9. The molecule has 0 bridgehead atoms. The summed E-state index contributed by atoms with van der Waals surface area (Å²) in [5.74, 6) is 1.61. The second-order valence-electron chi connectivity index (χ2n) is 16.3. The van der Waals surface area contributed by atoms with Crippen LogP contribution in [0.5, 0.6) is 0 Å². The van der Waals surface area contributed by atoms with Gasteiger partial charge in [0.25, 0.3) is 0 Å². The van der Waals surface area contributed by atoms with Gasteiger partial charge in [0, 0.05) is 10.8 Å². The van der Waals surface area contributed by atoms with Crippen molar-refractivity contribution in [3.8, 4) is 0 Å². The van der Waals surface area contributed by atoms with E-state index in [9.17, 15) is 9.90 Å². The van der Waals surface area contributed by atoms with E-state index in [0.29, 0.717) is 23.7 Å². The fourth-order valence-electron chi connectivity index (χ4n) is 12.1. The van der Waals surface area contributed by atoms with Crippen molar-refractivity contribution < 1.29 is 9.90 Å². The minimum Gasteiger partial charge on any atom is -0.481 e. The Morgan fingerprint density at radius 2 is 1.71 bits per heavy atom. The molecule has 2 aromatic rings. The van der Waals surface area contributed by atoms with E-state index in [-0.39, 0.29) is 27.6 Å². The third-order valence-electron chi connectivity index (χ3n) is 14.6. The number of benzene rings is 1. The Hall–Kier alpha value is -1.87. The molecule has 0 spiro atoms. The van der Waals surface area contributed by atoms with E-state index in [4.69, 9.17) is 16.6 Å². The van der Waals surface area contributed by atoms with E-state index < -0.39 is 11.4 Å². The molecule has 0 aliphatic heterocycles. The SMILES string of the molecule is CC1CCC2(C(=O)O)CCC3(C)C(=CCC4C5(C)Cc6c(nc7ccccc7c6Cl)C(C)(C)C5CCC43C)C2C1C. The van der Waals surface area contributed by atoms with Crippen LogP contribution in [0.4, 0.5) is 0 Å². The van der Waals surface area contributed by atoms with Crippen LogP contribution in [0.25, 0.3) is 10.9 Å². The summed E-state index contributed by atoms with van der Waals surface area (Å²) >= 11 is 7.27. The van der Waals surface area contributed by atoms with E-state index in [1.165, 1.54) is 29.7 Å². The molecule has 1 heterocycles. The smallest absolute Gasteiger partial charge is 0.310 e. The second-order valence-corrected chi connectivity index (χ2v) is 16.7. The van der Waals surface area contributed by atoms with Crippen molar-refractivity contribution >= 4 is 28.5 Å². The Balaban J connectivity index is 1.37. The third kappa shape index (κ3) is 3.28. The molecule has 0 amide bonds. The topological polar surface area (TPSA) is 50.2 Å². The summed E-state index contributed by atoms with van der Waals surface area (Å²) < 4.78 is 0. The molecule has 0 radical (unpaired) electrons. The average molecular weight is 574 g/mol. The molecule has 1 aromatic heterocycles. The lowest BCUT2D eigenvalue weighted by molar-refractivity contribution is -0.179. The van der Waals surface area contributed by atoms with Crippen LogP contribution in [0.15, 0.2) is 35.9 Å². The molecule has 7 rings (SSSR count). The van der Waals surface area contributed by atoms with Gasteiger partial charge in [-0.1, -0.05) is 89.9 Å². The highest BCUT2D eigenvalue weighted by Gasteiger charge is 2.69. The van der Waals surface area contributed by atoms with Gasteiger partial charge in [-0.15, -0.1) is 0 Å². The maximum absolute atomic E-state index is 13.0. The number of halogens is 1. The Kier molecular flexibility index (Phi) is 5.87. The van der Waals surface area contributed by atoms with Gasteiger partial charge in [0.1, 0.15) is 0 Å². The molecule has 3 saturated carbocycles. The predicted molar refractivity (Wildman–Crippen MR) is 167 cm³/mol. The standard InChI is InChI=1S/C37H48ClNO2/c1-21-14-17-37(32(40)41)19-18-35(6)25(29(37)22(21)2)12-13-28-34(5)20-24-30(38)23-10-8-9-11-26(23)39-31(24)33(3,4)27(34)15-16-36(28,35)7/h8-12,21-22,27-29H,13-20H2,1-7H3,(H,40,41). The largest absolute Gasteiger partial charge is 0.481 e. The quantitative estimate of drug-likeness (QED) is 0.345. The van der Waals surface area contributed by atoms with Crippen molar-refractivity contribution in [2.24, 2.45) is 51.2 Å². The molecule has 41 heavy (non-hydrogen) atoms. The van der Waals surface area contributed by atoms with Gasteiger partial charge in [0.05, 0.1) is 21.6 Å². The van der Waals surface area contributed by atoms with Crippen LogP contribution < -0.4 is 0 Å². The number of carboxylic acid groups (broad SMARTS) is 1. The van der Waals surface area contributed by atoms with Gasteiger partial charge >= 0.3 is 5.97 Å². The monoisotopic (exact) mass is 573 g/mol. The number of pyridine rings is 1. The van der Waals surface area contributed by atoms with E-state index in [1.54, 1.807) is 0 Å². The van der Waals surface area contributed by atoms with Crippen LogP contribution in [-0.2, 0) is 16.6 Å². The molecule has 9 atom stereocenters. The van der Waals surface area contributed by atoms with Crippen LogP contribution >= 0.6 is 11.6 Å². The molecular weight excluding hydrogens is 526 g/mol. The molecule has 1 aromatic carbocycles. The maximum Gasteiger partial charge on any atom is 0.310 e. The summed E-state index contributed by atoms with van der Waals surface area (Å²) in [7, 11) is 0. The first-order valence-electron chi connectivity index (χ1n) is 16.2.